The third-order valence-corrected chi connectivity index (χ3v) is 2.15. The lowest BCUT2D eigenvalue weighted by Crippen LogP contribution is -2.34. The van der Waals surface area contributed by atoms with Crippen LogP contribution in [0.5, 0.6) is 0 Å². The molecule has 4 nitrogen and oxygen atoms in total. The number of hydroxylamine groups is 1. The molecule has 4 heteroatoms. The van der Waals surface area contributed by atoms with Crippen LogP contribution in [0.15, 0.2) is 0 Å². The average molecular weight is 142 g/mol. The molecule has 56 valence electrons. The molecule has 0 spiro atoms. The van der Waals surface area contributed by atoms with Gasteiger partial charge in [0.1, 0.15) is 6.17 Å². The van der Waals surface area contributed by atoms with Crippen LogP contribution in [0.3, 0.4) is 0 Å². The predicted octanol–water partition coefficient (Wildman–Crippen LogP) is 0.213. The first-order valence-electron chi connectivity index (χ1n) is 3.50. The van der Waals surface area contributed by atoms with Gasteiger partial charge in [0.25, 0.3) is 0 Å². The topological polar surface area (TPSA) is 50.4 Å². The van der Waals surface area contributed by atoms with Gasteiger partial charge in [-0.25, -0.2) is 4.79 Å². The molecule has 1 aliphatic heterocycles. The van der Waals surface area contributed by atoms with E-state index in [-0.39, 0.29) is 12.3 Å². The number of hydrogen-bond donors (Lipinski definition) is 2. The maximum atomic E-state index is 10.5. The van der Waals surface area contributed by atoms with E-state index >= 15 is 0 Å². The largest absolute Gasteiger partial charge is 0.427 e. The van der Waals surface area contributed by atoms with Crippen molar-refractivity contribution < 1.29 is 9.63 Å². The summed E-state index contributed by atoms with van der Waals surface area (Å²) in [5, 5.41) is 2.67. The molecule has 2 rings (SSSR count). The van der Waals surface area contributed by atoms with E-state index in [1.807, 2.05) is 0 Å². The molecule has 1 heterocycles. The molecule has 2 fully saturated rings. The first-order valence-corrected chi connectivity index (χ1v) is 3.50. The van der Waals surface area contributed by atoms with Gasteiger partial charge in [0.2, 0.25) is 0 Å². The molecule has 1 amide bonds. The van der Waals surface area contributed by atoms with E-state index < -0.39 is 0 Å². The molecule has 1 saturated heterocycles. The highest BCUT2D eigenvalue weighted by molar-refractivity contribution is 5.68. The van der Waals surface area contributed by atoms with Crippen LogP contribution in [0.1, 0.15) is 13.3 Å². The molecule has 3 atom stereocenters. The fraction of sp³-hybridized carbons (Fsp3) is 0.833. The lowest BCUT2D eigenvalue weighted by molar-refractivity contribution is 0.117. The number of amides is 1. The fourth-order valence-electron chi connectivity index (χ4n) is 1.31. The zero-order valence-electron chi connectivity index (χ0n) is 5.76. The maximum absolute atomic E-state index is 10.5. The van der Waals surface area contributed by atoms with Crippen molar-refractivity contribution >= 4 is 6.09 Å². The van der Waals surface area contributed by atoms with Crippen molar-refractivity contribution in [3.05, 3.63) is 0 Å². The van der Waals surface area contributed by atoms with E-state index in [1.54, 1.807) is 0 Å². The van der Waals surface area contributed by atoms with Crippen LogP contribution in [-0.4, -0.2) is 12.3 Å². The van der Waals surface area contributed by atoms with Crippen molar-refractivity contribution in [1.29, 1.82) is 0 Å². The van der Waals surface area contributed by atoms with Gasteiger partial charge in [-0.1, -0.05) is 6.92 Å². The van der Waals surface area contributed by atoms with Crippen molar-refractivity contribution in [3.8, 4) is 0 Å². The molecule has 0 aromatic heterocycles. The molecule has 2 N–H and O–H groups in total. The Labute approximate surface area is 58.9 Å². The van der Waals surface area contributed by atoms with Crippen molar-refractivity contribution in [2.24, 2.45) is 11.8 Å². The smallest absolute Gasteiger partial charge is 0.352 e. The summed E-state index contributed by atoms with van der Waals surface area (Å²) in [5.74, 6) is 1.30. The lowest BCUT2D eigenvalue weighted by Gasteiger charge is -2.03. The molecular formula is C6H10N2O2. The van der Waals surface area contributed by atoms with Gasteiger partial charge in [0, 0.05) is 0 Å². The lowest BCUT2D eigenvalue weighted by atomic mass is 10.3. The minimum absolute atomic E-state index is 0.0579. The second kappa shape index (κ2) is 1.85. The summed E-state index contributed by atoms with van der Waals surface area (Å²) in [6, 6.07) is 0. The molecule has 2 aliphatic rings. The van der Waals surface area contributed by atoms with E-state index in [1.165, 1.54) is 6.42 Å². The highest BCUT2D eigenvalue weighted by atomic mass is 16.7. The van der Waals surface area contributed by atoms with Gasteiger partial charge in [0.15, 0.2) is 0 Å². The summed E-state index contributed by atoms with van der Waals surface area (Å²) in [4.78, 5) is 15.0. The molecule has 0 bridgehead atoms. The standard InChI is InChI=1S/C6H10N2O2/c1-3-2-4(3)5-7-6(9)10-8-5/h3-5,8H,2H2,1H3,(H,7,9). The molecule has 0 aromatic carbocycles. The molecule has 1 saturated carbocycles. The van der Waals surface area contributed by atoms with Gasteiger partial charge in [-0.2, -0.15) is 0 Å². The summed E-state index contributed by atoms with van der Waals surface area (Å²) in [7, 11) is 0. The Balaban J connectivity index is 1.90. The van der Waals surface area contributed by atoms with Gasteiger partial charge in [-0.15, -0.1) is 5.48 Å². The van der Waals surface area contributed by atoms with Crippen LogP contribution in [0.4, 0.5) is 4.79 Å². The van der Waals surface area contributed by atoms with Crippen LogP contribution in [-0.2, 0) is 4.84 Å². The quantitative estimate of drug-likeness (QED) is 0.550. The minimum atomic E-state index is -0.357. The van der Waals surface area contributed by atoms with Crippen LogP contribution in [0.25, 0.3) is 0 Å². The van der Waals surface area contributed by atoms with Gasteiger partial charge in [-0.3, -0.25) is 0 Å². The normalized spacial score (nSPS) is 44.5. The monoisotopic (exact) mass is 142 g/mol. The van der Waals surface area contributed by atoms with E-state index in [9.17, 15) is 4.79 Å². The van der Waals surface area contributed by atoms with E-state index in [4.69, 9.17) is 0 Å². The molecular weight excluding hydrogens is 132 g/mol. The Bertz CT molecular complexity index is 171. The fourth-order valence-corrected chi connectivity index (χ4v) is 1.31. The van der Waals surface area contributed by atoms with Gasteiger partial charge < -0.3 is 10.2 Å². The number of carbonyl (C=O) groups is 1. The molecule has 1 aliphatic carbocycles. The van der Waals surface area contributed by atoms with E-state index in [2.05, 4.69) is 22.6 Å². The average Bonchev–Trinajstić information content (AvgIpc) is 2.42. The van der Waals surface area contributed by atoms with Crippen LogP contribution in [0, 0.1) is 11.8 Å². The van der Waals surface area contributed by atoms with Gasteiger partial charge in [0.05, 0.1) is 0 Å². The second-order valence-electron chi connectivity index (χ2n) is 3.01. The highest BCUT2D eigenvalue weighted by Crippen LogP contribution is 2.40. The SMILES string of the molecule is CC1CC1C1NOC(=O)N1. The Hall–Kier alpha value is -0.770. The number of rotatable bonds is 1. The first kappa shape index (κ1) is 5.97. The Morgan fingerprint density at radius 2 is 2.40 bits per heavy atom. The molecule has 0 radical (unpaired) electrons. The van der Waals surface area contributed by atoms with Crippen LogP contribution in [0.2, 0.25) is 0 Å². The number of carbonyl (C=O) groups excluding carboxylic acids is 1. The Morgan fingerprint density at radius 1 is 1.70 bits per heavy atom. The summed E-state index contributed by atoms with van der Waals surface area (Å²) >= 11 is 0. The summed E-state index contributed by atoms with van der Waals surface area (Å²) < 4.78 is 0. The highest BCUT2D eigenvalue weighted by Gasteiger charge is 2.43. The van der Waals surface area contributed by atoms with Crippen LogP contribution >= 0.6 is 0 Å². The molecule has 0 aromatic rings. The summed E-state index contributed by atoms with van der Waals surface area (Å²) in [6.07, 6.45) is 0.882. The molecule has 10 heavy (non-hydrogen) atoms. The maximum Gasteiger partial charge on any atom is 0.427 e. The second-order valence-corrected chi connectivity index (χ2v) is 3.01. The Morgan fingerprint density at radius 3 is 2.80 bits per heavy atom. The van der Waals surface area contributed by atoms with E-state index in [0.717, 1.165) is 5.92 Å². The van der Waals surface area contributed by atoms with Crippen molar-refractivity contribution in [2.45, 2.75) is 19.5 Å². The zero-order valence-corrected chi connectivity index (χ0v) is 5.76. The first-order chi connectivity index (χ1) is 4.77. The third kappa shape index (κ3) is 0.844. The van der Waals surface area contributed by atoms with E-state index in [0.29, 0.717) is 5.92 Å². The summed E-state index contributed by atoms with van der Waals surface area (Å²) in [5.41, 5.74) is 2.64. The zero-order chi connectivity index (χ0) is 7.14. The Kier molecular flexibility index (Phi) is 1.11. The number of hydrogen-bond acceptors (Lipinski definition) is 3. The van der Waals surface area contributed by atoms with Gasteiger partial charge in [-0.05, 0) is 18.3 Å². The third-order valence-electron chi connectivity index (χ3n) is 2.15. The summed E-state index contributed by atoms with van der Waals surface area (Å²) in [6.45, 7) is 2.16. The van der Waals surface area contributed by atoms with Gasteiger partial charge >= 0.3 is 6.09 Å². The number of nitrogens with one attached hydrogen (secondary N) is 2. The van der Waals surface area contributed by atoms with Crippen molar-refractivity contribution in [1.82, 2.24) is 10.8 Å². The predicted molar refractivity (Wildman–Crippen MR) is 33.8 cm³/mol. The van der Waals surface area contributed by atoms with Crippen molar-refractivity contribution in [3.63, 3.8) is 0 Å². The minimum Gasteiger partial charge on any atom is -0.352 e. The van der Waals surface area contributed by atoms with Crippen molar-refractivity contribution in [2.75, 3.05) is 0 Å². The van der Waals surface area contributed by atoms with Crippen LogP contribution < -0.4 is 10.8 Å². The molecule has 3 unspecified atom stereocenters.